The van der Waals surface area contributed by atoms with Crippen LogP contribution in [0.3, 0.4) is 0 Å². The van der Waals surface area contributed by atoms with E-state index < -0.39 is 11.7 Å². The van der Waals surface area contributed by atoms with Gasteiger partial charge in [-0.1, -0.05) is 46.9 Å². The minimum absolute atomic E-state index is 0.0835. The van der Waals surface area contributed by atoms with Crippen molar-refractivity contribution in [2.75, 3.05) is 0 Å². The number of halogens is 6. The van der Waals surface area contributed by atoms with Crippen molar-refractivity contribution in [1.82, 2.24) is 0 Å². The van der Waals surface area contributed by atoms with Crippen molar-refractivity contribution in [1.29, 1.82) is 0 Å². The average molecular weight is 340 g/mol. The third-order valence-electron chi connectivity index (χ3n) is 2.92. The van der Waals surface area contributed by atoms with Crippen molar-refractivity contribution in [2.24, 2.45) is 0 Å². The molecular formula is C14H8Cl3F3. The van der Waals surface area contributed by atoms with E-state index in [2.05, 4.69) is 0 Å². The lowest BCUT2D eigenvalue weighted by Gasteiger charge is -2.15. The second kappa shape index (κ2) is 5.47. The molecule has 2 aromatic rings. The summed E-state index contributed by atoms with van der Waals surface area (Å²) in [6, 6.07) is 6.85. The second-order valence-corrected chi connectivity index (χ2v) is 5.45. The van der Waals surface area contributed by atoms with Crippen molar-refractivity contribution >= 4 is 34.8 Å². The molecule has 0 unspecified atom stereocenters. The maximum absolute atomic E-state index is 12.9. The van der Waals surface area contributed by atoms with Gasteiger partial charge in [0.15, 0.2) is 0 Å². The second-order valence-electron chi connectivity index (χ2n) is 4.23. The Labute approximate surface area is 129 Å². The molecule has 0 saturated carbocycles. The first-order valence-electron chi connectivity index (χ1n) is 5.53. The molecule has 0 aromatic heterocycles. The number of benzene rings is 2. The van der Waals surface area contributed by atoms with Gasteiger partial charge in [-0.2, -0.15) is 13.2 Å². The molecule has 2 aromatic carbocycles. The molecule has 2 rings (SSSR count). The Balaban J connectivity index is 2.72. The minimum atomic E-state index is -4.42. The lowest BCUT2D eigenvalue weighted by Crippen LogP contribution is -2.08. The molecule has 0 bridgehead atoms. The first-order chi connectivity index (χ1) is 9.21. The summed E-state index contributed by atoms with van der Waals surface area (Å²) in [5.74, 6) is 0. The van der Waals surface area contributed by atoms with Gasteiger partial charge in [-0.05, 0) is 36.2 Å². The number of hydrogen-bond donors (Lipinski definition) is 0. The zero-order chi connectivity index (χ0) is 15.1. The van der Waals surface area contributed by atoms with E-state index in [1.807, 2.05) is 0 Å². The topological polar surface area (TPSA) is 0 Å². The predicted molar refractivity (Wildman–Crippen MR) is 76.6 cm³/mol. The molecule has 6 heteroatoms. The molecule has 0 saturated heterocycles. The number of hydrogen-bond acceptors (Lipinski definition) is 0. The number of rotatable bonds is 1. The predicted octanol–water partition coefficient (Wildman–Crippen LogP) is 6.64. The molecule has 0 amide bonds. The Morgan fingerprint density at radius 1 is 0.950 bits per heavy atom. The summed E-state index contributed by atoms with van der Waals surface area (Å²) >= 11 is 17.9. The van der Waals surface area contributed by atoms with Crippen LogP contribution in [0, 0.1) is 6.92 Å². The third-order valence-corrected chi connectivity index (χ3v) is 3.94. The fraction of sp³-hybridized carbons (Fsp3) is 0.143. The smallest absolute Gasteiger partial charge is 0.166 e. The monoisotopic (exact) mass is 338 g/mol. The quantitative estimate of drug-likeness (QED) is 0.511. The van der Waals surface area contributed by atoms with E-state index in [9.17, 15) is 13.2 Å². The Morgan fingerprint density at radius 3 is 2.20 bits per heavy atom. The van der Waals surface area contributed by atoms with E-state index >= 15 is 0 Å². The summed E-state index contributed by atoms with van der Waals surface area (Å²) in [6.07, 6.45) is -4.42. The molecule has 0 spiro atoms. The highest BCUT2D eigenvalue weighted by Crippen LogP contribution is 2.41. The van der Waals surface area contributed by atoms with Gasteiger partial charge in [0.25, 0.3) is 0 Å². The highest BCUT2D eigenvalue weighted by molar-refractivity contribution is 6.45. The molecule has 0 aliphatic heterocycles. The first-order valence-corrected chi connectivity index (χ1v) is 6.67. The summed E-state index contributed by atoms with van der Waals surface area (Å²) in [6.45, 7) is 1.39. The van der Waals surface area contributed by atoms with Crippen molar-refractivity contribution in [3.63, 3.8) is 0 Å². The lowest BCUT2D eigenvalue weighted by atomic mass is 9.96. The molecule has 106 valence electrons. The van der Waals surface area contributed by atoms with Crippen LogP contribution >= 0.6 is 34.8 Å². The van der Waals surface area contributed by atoms with E-state index in [1.165, 1.54) is 25.1 Å². The van der Waals surface area contributed by atoms with Gasteiger partial charge in [0.2, 0.25) is 0 Å². The van der Waals surface area contributed by atoms with Gasteiger partial charge in [-0.25, -0.2) is 0 Å². The summed E-state index contributed by atoms with van der Waals surface area (Å²) in [5.41, 5.74) is 0.115. The van der Waals surface area contributed by atoms with Crippen LogP contribution in [-0.4, -0.2) is 0 Å². The van der Waals surface area contributed by atoms with Crippen molar-refractivity contribution in [3.05, 3.63) is 56.5 Å². The molecule has 0 nitrogen and oxygen atoms in total. The SMILES string of the molecule is Cc1c(-c2cc(Cl)cc(Cl)c2Cl)cccc1C(F)(F)F. The van der Waals surface area contributed by atoms with Gasteiger partial charge in [0.05, 0.1) is 15.6 Å². The van der Waals surface area contributed by atoms with E-state index in [0.717, 1.165) is 6.07 Å². The Bertz CT molecular complexity index is 663. The summed E-state index contributed by atoms with van der Waals surface area (Å²) in [5, 5.41) is 0.690. The van der Waals surface area contributed by atoms with Crippen LogP contribution in [0.1, 0.15) is 11.1 Å². The Kier molecular flexibility index (Phi) is 4.24. The van der Waals surface area contributed by atoms with Gasteiger partial charge in [0.1, 0.15) is 0 Å². The molecule has 0 heterocycles. The fourth-order valence-electron chi connectivity index (χ4n) is 1.99. The van der Waals surface area contributed by atoms with Crippen LogP contribution < -0.4 is 0 Å². The van der Waals surface area contributed by atoms with Crippen molar-refractivity contribution < 1.29 is 13.2 Å². The van der Waals surface area contributed by atoms with Crippen LogP contribution in [0.5, 0.6) is 0 Å². The minimum Gasteiger partial charge on any atom is -0.166 e. The summed E-state index contributed by atoms with van der Waals surface area (Å²) in [7, 11) is 0. The zero-order valence-corrected chi connectivity index (χ0v) is 12.4. The highest BCUT2D eigenvalue weighted by Gasteiger charge is 2.33. The maximum atomic E-state index is 12.9. The van der Waals surface area contributed by atoms with Crippen LogP contribution in [0.2, 0.25) is 15.1 Å². The standard InChI is InChI=1S/C14H8Cl3F3/c1-7-9(3-2-4-11(7)14(18,19)20)10-5-8(15)6-12(16)13(10)17/h2-6H,1H3. The van der Waals surface area contributed by atoms with Crippen molar-refractivity contribution in [2.45, 2.75) is 13.1 Å². The van der Waals surface area contributed by atoms with Crippen LogP contribution in [0.4, 0.5) is 13.2 Å². The van der Waals surface area contributed by atoms with E-state index in [4.69, 9.17) is 34.8 Å². The summed E-state index contributed by atoms with van der Waals surface area (Å²) in [4.78, 5) is 0. The van der Waals surface area contributed by atoms with Crippen LogP contribution in [0.15, 0.2) is 30.3 Å². The molecule has 0 N–H and O–H groups in total. The molecule has 20 heavy (non-hydrogen) atoms. The van der Waals surface area contributed by atoms with Gasteiger partial charge in [0, 0.05) is 10.6 Å². The molecule has 0 fully saturated rings. The largest absolute Gasteiger partial charge is 0.416 e. The maximum Gasteiger partial charge on any atom is 0.416 e. The first kappa shape index (κ1) is 15.5. The van der Waals surface area contributed by atoms with Gasteiger partial charge >= 0.3 is 6.18 Å². The molecule has 0 atom stereocenters. The molecular weight excluding hydrogens is 332 g/mol. The average Bonchev–Trinajstić information content (AvgIpc) is 2.33. The van der Waals surface area contributed by atoms with Crippen LogP contribution in [0.25, 0.3) is 11.1 Å². The molecule has 0 aliphatic rings. The van der Waals surface area contributed by atoms with Gasteiger partial charge in [-0.15, -0.1) is 0 Å². The van der Waals surface area contributed by atoms with E-state index in [0.29, 0.717) is 16.1 Å². The fourth-order valence-corrected chi connectivity index (χ4v) is 2.69. The molecule has 0 aliphatic carbocycles. The molecule has 0 radical (unpaired) electrons. The van der Waals surface area contributed by atoms with E-state index in [1.54, 1.807) is 6.07 Å². The van der Waals surface area contributed by atoms with Crippen molar-refractivity contribution in [3.8, 4) is 11.1 Å². The third kappa shape index (κ3) is 2.90. The highest BCUT2D eigenvalue weighted by atomic mass is 35.5. The zero-order valence-electron chi connectivity index (χ0n) is 10.2. The lowest BCUT2D eigenvalue weighted by molar-refractivity contribution is -0.138. The Morgan fingerprint density at radius 2 is 1.60 bits per heavy atom. The van der Waals surface area contributed by atoms with E-state index in [-0.39, 0.29) is 15.6 Å². The van der Waals surface area contributed by atoms with Gasteiger partial charge < -0.3 is 0 Å². The normalized spacial score (nSPS) is 11.8. The number of alkyl halides is 3. The van der Waals surface area contributed by atoms with Gasteiger partial charge in [-0.3, -0.25) is 0 Å². The summed E-state index contributed by atoms with van der Waals surface area (Å²) < 4.78 is 38.8. The van der Waals surface area contributed by atoms with Crippen LogP contribution in [-0.2, 0) is 6.18 Å². The Hall–Kier alpha value is -0.900.